The predicted molar refractivity (Wildman–Crippen MR) is 114 cm³/mol. The fourth-order valence-electron chi connectivity index (χ4n) is 3.35. The van der Waals surface area contributed by atoms with Gasteiger partial charge in [-0.25, -0.2) is 4.39 Å². The number of carbonyl (C=O) groups excluding carboxylic acids is 1. The molecule has 1 aliphatic rings. The molecule has 1 atom stereocenters. The van der Waals surface area contributed by atoms with Crippen molar-refractivity contribution in [2.24, 2.45) is 0 Å². The molecule has 0 bridgehead atoms. The van der Waals surface area contributed by atoms with Gasteiger partial charge in [0.2, 0.25) is 0 Å². The Kier molecular flexibility index (Phi) is 6.76. The SMILES string of the molecule is O=C(CSc1nnc(CNc2ccccc2F)n1C[C@@H]1CCCO1)c1ccccc1. The summed E-state index contributed by atoms with van der Waals surface area (Å²) in [6.45, 7) is 1.70. The molecule has 0 amide bonds. The van der Waals surface area contributed by atoms with Crippen LogP contribution < -0.4 is 5.32 Å². The molecule has 30 heavy (non-hydrogen) atoms. The quantitative estimate of drug-likeness (QED) is 0.409. The molecule has 1 fully saturated rings. The highest BCUT2D eigenvalue weighted by Gasteiger charge is 2.21. The van der Waals surface area contributed by atoms with Crippen molar-refractivity contribution in [1.29, 1.82) is 0 Å². The predicted octanol–water partition coefficient (Wildman–Crippen LogP) is 4.18. The van der Waals surface area contributed by atoms with Crippen LogP contribution in [-0.2, 0) is 17.8 Å². The maximum atomic E-state index is 13.9. The summed E-state index contributed by atoms with van der Waals surface area (Å²) in [5.74, 6) is 0.682. The molecule has 0 spiro atoms. The van der Waals surface area contributed by atoms with Crippen LogP contribution in [0.3, 0.4) is 0 Å². The first kappa shape index (κ1) is 20.6. The smallest absolute Gasteiger partial charge is 0.191 e. The Morgan fingerprint density at radius 3 is 2.73 bits per heavy atom. The average Bonchev–Trinajstić information content (AvgIpc) is 3.43. The summed E-state index contributed by atoms with van der Waals surface area (Å²) in [6, 6.07) is 15.7. The zero-order chi connectivity index (χ0) is 20.8. The molecule has 1 saturated heterocycles. The Bertz CT molecular complexity index is 990. The number of aromatic nitrogens is 3. The van der Waals surface area contributed by atoms with Crippen molar-refractivity contribution < 1.29 is 13.9 Å². The highest BCUT2D eigenvalue weighted by molar-refractivity contribution is 7.99. The van der Waals surface area contributed by atoms with Crippen LogP contribution in [0.15, 0.2) is 59.8 Å². The van der Waals surface area contributed by atoms with Crippen LogP contribution in [0.25, 0.3) is 0 Å². The number of para-hydroxylation sites is 1. The first-order valence-corrected chi connectivity index (χ1v) is 10.9. The molecule has 0 aliphatic carbocycles. The average molecular weight is 427 g/mol. The molecule has 0 saturated carbocycles. The Morgan fingerprint density at radius 1 is 1.17 bits per heavy atom. The lowest BCUT2D eigenvalue weighted by Gasteiger charge is -2.15. The van der Waals surface area contributed by atoms with Gasteiger partial charge in [-0.05, 0) is 25.0 Å². The number of carbonyl (C=O) groups is 1. The van der Waals surface area contributed by atoms with E-state index in [-0.39, 0.29) is 23.5 Å². The van der Waals surface area contributed by atoms with Gasteiger partial charge in [0, 0.05) is 12.2 Å². The first-order chi connectivity index (χ1) is 14.7. The van der Waals surface area contributed by atoms with Crippen molar-refractivity contribution in [3.63, 3.8) is 0 Å². The standard InChI is InChI=1S/C22H23FN4O2S/c23-18-10-4-5-11-19(18)24-13-21-25-26-22(27(21)14-17-9-6-12-29-17)30-15-20(28)16-7-2-1-3-8-16/h1-5,7-8,10-11,17,24H,6,9,12-15H2/t17-/m0/s1. The maximum absolute atomic E-state index is 13.9. The van der Waals surface area contributed by atoms with Gasteiger partial charge in [0.1, 0.15) is 5.82 Å². The van der Waals surface area contributed by atoms with Crippen molar-refractivity contribution in [2.45, 2.75) is 37.2 Å². The van der Waals surface area contributed by atoms with Crippen molar-refractivity contribution in [2.75, 3.05) is 17.7 Å². The number of ether oxygens (including phenoxy) is 1. The van der Waals surface area contributed by atoms with Gasteiger partial charge in [-0.3, -0.25) is 4.79 Å². The van der Waals surface area contributed by atoms with Crippen LogP contribution in [0.1, 0.15) is 29.0 Å². The Balaban J connectivity index is 1.48. The van der Waals surface area contributed by atoms with Crippen LogP contribution in [-0.4, -0.2) is 39.0 Å². The minimum atomic E-state index is -0.314. The van der Waals surface area contributed by atoms with E-state index in [2.05, 4.69) is 15.5 Å². The summed E-state index contributed by atoms with van der Waals surface area (Å²) in [7, 11) is 0. The van der Waals surface area contributed by atoms with Crippen molar-refractivity contribution in [3.05, 3.63) is 71.8 Å². The number of rotatable bonds is 9. The second-order valence-corrected chi connectivity index (χ2v) is 8.00. The largest absolute Gasteiger partial charge is 0.376 e. The fourth-order valence-corrected chi connectivity index (χ4v) is 4.21. The minimum absolute atomic E-state index is 0.0401. The summed E-state index contributed by atoms with van der Waals surface area (Å²) >= 11 is 1.36. The van der Waals surface area contributed by atoms with Gasteiger partial charge in [-0.1, -0.05) is 54.2 Å². The number of nitrogens with zero attached hydrogens (tertiary/aromatic N) is 3. The normalized spacial score (nSPS) is 16.0. The lowest BCUT2D eigenvalue weighted by Crippen LogP contribution is -2.19. The molecule has 1 N–H and O–H groups in total. The van der Waals surface area contributed by atoms with Crippen LogP contribution >= 0.6 is 11.8 Å². The number of thioether (sulfide) groups is 1. The molecule has 2 aromatic carbocycles. The minimum Gasteiger partial charge on any atom is -0.376 e. The fraction of sp³-hybridized carbons (Fsp3) is 0.318. The van der Waals surface area contributed by atoms with Crippen LogP contribution in [0, 0.1) is 5.82 Å². The second-order valence-electron chi connectivity index (χ2n) is 7.06. The first-order valence-electron chi connectivity index (χ1n) is 9.94. The van der Waals surface area contributed by atoms with E-state index in [0.717, 1.165) is 19.4 Å². The molecule has 156 valence electrons. The van der Waals surface area contributed by atoms with E-state index in [9.17, 15) is 9.18 Å². The zero-order valence-electron chi connectivity index (χ0n) is 16.5. The second kappa shape index (κ2) is 9.86. The number of anilines is 1. The number of benzene rings is 2. The van der Waals surface area contributed by atoms with Gasteiger partial charge >= 0.3 is 0 Å². The van der Waals surface area contributed by atoms with Gasteiger partial charge in [-0.2, -0.15) is 0 Å². The highest BCUT2D eigenvalue weighted by Crippen LogP contribution is 2.23. The van der Waals surface area contributed by atoms with Crippen LogP contribution in [0.4, 0.5) is 10.1 Å². The molecule has 1 aliphatic heterocycles. The van der Waals surface area contributed by atoms with Crippen molar-refractivity contribution in [1.82, 2.24) is 14.8 Å². The molecule has 6 nitrogen and oxygen atoms in total. The van der Waals surface area contributed by atoms with Gasteiger partial charge < -0.3 is 14.6 Å². The molecule has 8 heteroatoms. The van der Waals surface area contributed by atoms with E-state index in [1.54, 1.807) is 18.2 Å². The van der Waals surface area contributed by atoms with E-state index < -0.39 is 0 Å². The van der Waals surface area contributed by atoms with Gasteiger partial charge in [0.25, 0.3) is 0 Å². The Hall–Kier alpha value is -2.71. The summed E-state index contributed by atoms with van der Waals surface area (Å²) in [5.41, 5.74) is 1.09. The number of ketones is 1. The molecule has 0 radical (unpaired) electrons. The lowest BCUT2D eigenvalue weighted by atomic mass is 10.2. The molecule has 1 aromatic heterocycles. The number of halogens is 1. The van der Waals surface area contributed by atoms with E-state index in [0.29, 0.717) is 35.3 Å². The van der Waals surface area contributed by atoms with E-state index in [1.165, 1.54) is 17.8 Å². The van der Waals surface area contributed by atoms with Crippen LogP contribution in [0.2, 0.25) is 0 Å². The molecule has 3 aromatic rings. The number of Topliss-reactive ketones (excluding diaryl/α,β-unsaturated/α-hetero) is 1. The van der Waals surface area contributed by atoms with Gasteiger partial charge in [0.15, 0.2) is 16.8 Å². The lowest BCUT2D eigenvalue weighted by molar-refractivity contribution is 0.0942. The summed E-state index contributed by atoms with van der Waals surface area (Å²) in [4.78, 5) is 12.5. The monoisotopic (exact) mass is 426 g/mol. The van der Waals surface area contributed by atoms with Gasteiger partial charge in [0.05, 0.1) is 30.6 Å². The third-order valence-electron chi connectivity index (χ3n) is 4.94. The summed E-state index contributed by atoms with van der Waals surface area (Å²) in [6.07, 6.45) is 2.10. The van der Waals surface area contributed by atoms with E-state index >= 15 is 0 Å². The summed E-state index contributed by atoms with van der Waals surface area (Å²) in [5, 5.41) is 12.3. The number of hydrogen-bond acceptors (Lipinski definition) is 6. The van der Waals surface area contributed by atoms with E-state index in [4.69, 9.17) is 4.74 Å². The molecular weight excluding hydrogens is 403 g/mol. The highest BCUT2D eigenvalue weighted by atomic mass is 32.2. The Morgan fingerprint density at radius 2 is 1.97 bits per heavy atom. The van der Waals surface area contributed by atoms with Crippen LogP contribution in [0.5, 0.6) is 0 Å². The summed E-state index contributed by atoms with van der Waals surface area (Å²) < 4.78 is 21.7. The number of hydrogen-bond donors (Lipinski definition) is 1. The molecule has 4 rings (SSSR count). The third kappa shape index (κ3) is 5.06. The van der Waals surface area contributed by atoms with Crippen molar-refractivity contribution in [3.8, 4) is 0 Å². The maximum Gasteiger partial charge on any atom is 0.191 e. The number of nitrogens with one attached hydrogen (secondary N) is 1. The Labute approximate surface area is 178 Å². The third-order valence-corrected chi connectivity index (χ3v) is 5.91. The zero-order valence-corrected chi connectivity index (χ0v) is 17.3. The van der Waals surface area contributed by atoms with E-state index in [1.807, 2.05) is 34.9 Å². The molecule has 2 heterocycles. The topological polar surface area (TPSA) is 69.0 Å². The molecule has 0 unspecified atom stereocenters. The van der Waals surface area contributed by atoms with Crippen molar-refractivity contribution >= 4 is 23.2 Å². The van der Waals surface area contributed by atoms with Gasteiger partial charge in [-0.15, -0.1) is 10.2 Å². The molecular formula is C22H23FN4O2S.